The van der Waals surface area contributed by atoms with Crippen molar-refractivity contribution in [3.63, 3.8) is 0 Å². The first-order valence-electron chi connectivity index (χ1n) is 5.16. The number of carbonyl (C=O) groups is 2. The number of allylic oxidation sites excluding steroid dienone is 3. The maximum absolute atomic E-state index is 10.8. The third-order valence-electron chi connectivity index (χ3n) is 1.67. The van der Waals surface area contributed by atoms with Crippen molar-refractivity contribution in [1.82, 2.24) is 0 Å². The van der Waals surface area contributed by atoms with Gasteiger partial charge in [-0.3, -0.25) is 0 Å². The minimum Gasteiger partial charge on any atom is -0.463 e. The van der Waals surface area contributed by atoms with Crippen molar-refractivity contribution in [2.24, 2.45) is 0 Å². The monoisotopic (exact) mass is 210 g/mol. The fourth-order valence-corrected chi connectivity index (χ4v) is 0.968. The third kappa shape index (κ3) is 10.5. The van der Waals surface area contributed by atoms with E-state index in [-0.39, 0.29) is 11.8 Å². The predicted octanol–water partition coefficient (Wildman–Crippen LogP) is 2.42. The lowest BCUT2D eigenvalue weighted by Gasteiger charge is -1.92. The van der Waals surface area contributed by atoms with Crippen LogP contribution < -0.4 is 0 Å². The van der Waals surface area contributed by atoms with Gasteiger partial charge in [0.1, 0.15) is 5.78 Å². The molecule has 0 atom stereocenters. The van der Waals surface area contributed by atoms with Crippen LogP contribution in [-0.2, 0) is 14.3 Å². The molecule has 0 fully saturated rings. The maximum atomic E-state index is 10.8. The average molecular weight is 210 g/mol. The van der Waals surface area contributed by atoms with Crippen LogP contribution in [0.5, 0.6) is 0 Å². The fourth-order valence-electron chi connectivity index (χ4n) is 0.968. The molecule has 0 heterocycles. The lowest BCUT2D eigenvalue weighted by atomic mass is 10.2. The number of hydrogen-bond donors (Lipinski definition) is 0. The minimum atomic E-state index is -0.328. The molecule has 0 amide bonds. The van der Waals surface area contributed by atoms with Gasteiger partial charge in [-0.05, 0) is 26.7 Å². The zero-order valence-electron chi connectivity index (χ0n) is 9.36. The van der Waals surface area contributed by atoms with Gasteiger partial charge < -0.3 is 9.53 Å². The molecule has 0 aromatic rings. The van der Waals surface area contributed by atoms with E-state index in [1.165, 1.54) is 6.08 Å². The Morgan fingerprint density at radius 2 is 2.00 bits per heavy atom. The van der Waals surface area contributed by atoms with Gasteiger partial charge in [-0.15, -0.1) is 0 Å². The van der Waals surface area contributed by atoms with Crippen LogP contribution in [0.1, 0.15) is 33.1 Å². The molecular formula is C12H18O3. The smallest absolute Gasteiger partial charge is 0.330 e. The van der Waals surface area contributed by atoms with Crippen LogP contribution >= 0.6 is 0 Å². The summed E-state index contributed by atoms with van der Waals surface area (Å²) < 4.78 is 4.70. The van der Waals surface area contributed by atoms with Crippen LogP contribution in [0, 0.1) is 0 Å². The van der Waals surface area contributed by atoms with Crippen LogP contribution in [-0.4, -0.2) is 18.4 Å². The van der Waals surface area contributed by atoms with Gasteiger partial charge in [0.2, 0.25) is 0 Å². The normalized spacial score (nSPS) is 11.1. The summed E-state index contributed by atoms with van der Waals surface area (Å²) in [7, 11) is 0. The van der Waals surface area contributed by atoms with Crippen molar-refractivity contribution in [3.8, 4) is 0 Å². The zero-order chi connectivity index (χ0) is 11.5. The Hall–Kier alpha value is -1.38. The Morgan fingerprint density at radius 3 is 2.60 bits per heavy atom. The second-order valence-corrected chi connectivity index (χ2v) is 3.13. The van der Waals surface area contributed by atoms with E-state index in [2.05, 4.69) is 0 Å². The molecule has 3 heteroatoms. The summed E-state index contributed by atoms with van der Waals surface area (Å²) in [6.45, 7) is 3.75. The van der Waals surface area contributed by atoms with Gasteiger partial charge in [0.05, 0.1) is 6.61 Å². The van der Waals surface area contributed by atoms with Crippen LogP contribution in [0.3, 0.4) is 0 Å². The van der Waals surface area contributed by atoms with Crippen molar-refractivity contribution in [3.05, 3.63) is 24.3 Å². The SMILES string of the molecule is CCOC(=O)/C=C\C=C\CCCC(C)=O. The van der Waals surface area contributed by atoms with E-state index in [4.69, 9.17) is 4.74 Å². The summed E-state index contributed by atoms with van der Waals surface area (Å²) in [6, 6.07) is 0. The second kappa shape index (κ2) is 9.19. The zero-order valence-corrected chi connectivity index (χ0v) is 9.36. The van der Waals surface area contributed by atoms with Gasteiger partial charge in [0.25, 0.3) is 0 Å². The molecule has 0 aromatic heterocycles. The molecule has 15 heavy (non-hydrogen) atoms. The van der Waals surface area contributed by atoms with Crippen LogP contribution in [0.4, 0.5) is 0 Å². The van der Waals surface area contributed by atoms with Crippen molar-refractivity contribution in [2.75, 3.05) is 6.61 Å². The molecule has 0 saturated carbocycles. The Balaban J connectivity index is 3.53. The van der Waals surface area contributed by atoms with Crippen molar-refractivity contribution in [2.45, 2.75) is 33.1 Å². The number of esters is 1. The molecule has 0 aliphatic rings. The Kier molecular flexibility index (Phi) is 8.34. The average Bonchev–Trinajstić information content (AvgIpc) is 2.16. The molecule has 3 nitrogen and oxygen atoms in total. The molecule has 0 N–H and O–H groups in total. The number of unbranched alkanes of at least 4 members (excludes halogenated alkanes) is 1. The summed E-state index contributed by atoms with van der Waals surface area (Å²) in [4.78, 5) is 21.4. The Morgan fingerprint density at radius 1 is 1.27 bits per heavy atom. The molecule has 0 aliphatic heterocycles. The summed E-state index contributed by atoms with van der Waals surface area (Å²) >= 11 is 0. The lowest BCUT2D eigenvalue weighted by molar-refractivity contribution is -0.137. The maximum Gasteiger partial charge on any atom is 0.330 e. The van der Waals surface area contributed by atoms with Gasteiger partial charge in [-0.25, -0.2) is 4.79 Å². The van der Waals surface area contributed by atoms with E-state index in [0.717, 1.165) is 12.8 Å². The van der Waals surface area contributed by atoms with Crippen LogP contribution in [0.15, 0.2) is 24.3 Å². The van der Waals surface area contributed by atoms with Crippen LogP contribution in [0.2, 0.25) is 0 Å². The summed E-state index contributed by atoms with van der Waals surface area (Å²) in [5.41, 5.74) is 0. The van der Waals surface area contributed by atoms with Gasteiger partial charge in [0.15, 0.2) is 0 Å². The Bertz CT molecular complexity index is 252. The molecule has 0 aromatic carbocycles. The van der Waals surface area contributed by atoms with Crippen molar-refractivity contribution < 1.29 is 14.3 Å². The van der Waals surface area contributed by atoms with Crippen molar-refractivity contribution >= 4 is 11.8 Å². The summed E-state index contributed by atoms with van der Waals surface area (Å²) in [6.07, 6.45) is 9.07. The number of Topliss-reactive ketones (excluding diaryl/α,β-unsaturated/α-hetero) is 1. The van der Waals surface area contributed by atoms with E-state index in [9.17, 15) is 9.59 Å². The largest absolute Gasteiger partial charge is 0.463 e. The number of hydrogen-bond acceptors (Lipinski definition) is 3. The van der Waals surface area contributed by atoms with Gasteiger partial charge in [-0.1, -0.05) is 18.2 Å². The molecule has 0 unspecified atom stereocenters. The van der Waals surface area contributed by atoms with Crippen LogP contribution in [0.25, 0.3) is 0 Å². The fraction of sp³-hybridized carbons (Fsp3) is 0.500. The molecule has 0 saturated heterocycles. The molecule has 0 spiro atoms. The third-order valence-corrected chi connectivity index (χ3v) is 1.67. The number of rotatable bonds is 7. The van der Waals surface area contributed by atoms with E-state index in [1.54, 1.807) is 26.0 Å². The van der Waals surface area contributed by atoms with Gasteiger partial charge >= 0.3 is 5.97 Å². The predicted molar refractivity (Wildman–Crippen MR) is 59.4 cm³/mol. The van der Waals surface area contributed by atoms with E-state index >= 15 is 0 Å². The quantitative estimate of drug-likeness (QED) is 0.280. The highest BCUT2D eigenvalue weighted by Gasteiger charge is 1.91. The first-order valence-corrected chi connectivity index (χ1v) is 5.16. The highest BCUT2D eigenvalue weighted by Crippen LogP contribution is 1.97. The standard InChI is InChI=1S/C12H18O3/c1-3-15-12(14)10-8-6-4-5-7-9-11(2)13/h4,6,8,10H,3,5,7,9H2,1-2H3/b6-4+,10-8-. The highest BCUT2D eigenvalue weighted by atomic mass is 16.5. The topological polar surface area (TPSA) is 43.4 Å². The molecule has 84 valence electrons. The van der Waals surface area contributed by atoms with E-state index in [0.29, 0.717) is 13.0 Å². The highest BCUT2D eigenvalue weighted by molar-refractivity contribution is 5.82. The minimum absolute atomic E-state index is 0.213. The van der Waals surface area contributed by atoms with E-state index < -0.39 is 0 Å². The summed E-state index contributed by atoms with van der Waals surface area (Å²) in [5.74, 6) is -0.114. The molecule has 0 radical (unpaired) electrons. The molecule has 0 rings (SSSR count). The number of ether oxygens (including phenoxy) is 1. The van der Waals surface area contributed by atoms with Gasteiger partial charge in [-0.2, -0.15) is 0 Å². The summed E-state index contributed by atoms with van der Waals surface area (Å²) in [5, 5.41) is 0. The second-order valence-electron chi connectivity index (χ2n) is 3.13. The number of ketones is 1. The molecule has 0 aliphatic carbocycles. The van der Waals surface area contributed by atoms with E-state index in [1.807, 2.05) is 6.08 Å². The van der Waals surface area contributed by atoms with Gasteiger partial charge in [0, 0.05) is 12.5 Å². The first-order chi connectivity index (χ1) is 7.16. The van der Waals surface area contributed by atoms with Crippen molar-refractivity contribution in [1.29, 1.82) is 0 Å². The molecule has 0 bridgehead atoms. The lowest BCUT2D eigenvalue weighted by Crippen LogP contribution is -1.98. The molecular weight excluding hydrogens is 192 g/mol. The number of carbonyl (C=O) groups excluding carboxylic acids is 2. The first kappa shape index (κ1) is 13.6. The Labute approximate surface area is 90.8 Å².